The summed E-state index contributed by atoms with van der Waals surface area (Å²) in [6.45, 7) is 0. The van der Waals surface area contributed by atoms with Gasteiger partial charge in [0.1, 0.15) is 0 Å². The Morgan fingerprint density at radius 1 is 0.647 bits per heavy atom. The van der Waals surface area contributed by atoms with Gasteiger partial charge in [-0.15, -0.1) is 0 Å². The lowest BCUT2D eigenvalue weighted by Gasteiger charge is -2.16. The number of hydrogen-bond donors (Lipinski definition) is 4. The molecule has 4 N–H and O–H groups in total. The van der Waals surface area contributed by atoms with E-state index in [9.17, 15) is 19.2 Å². The molecular formula is C9H10O8. The first-order chi connectivity index (χ1) is 7.77. The molecule has 1 rings (SSSR count). The van der Waals surface area contributed by atoms with Crippen LogP contribution in [-0.4, -0.2) is 44.3 Å². The smallest absolute Gasteiger partial charge is 0.308 e. The third-order valence-electron chi connectivity index (χ3n) is 2.97. The summed E-state index contributed by atoms with van der Waals surface area (Å²) in [5, 5.41) is 35.2. The zero-order chi connectivity index (χ0) is 13.3. The number of rotatable bonds is 4. The molecule has 94 valence electrons. The molecule has 1 aliphatic carbocycles. The fraction of sp³-hybridized carbons (Fsp3) is 0.556. The van der Waals surface area contributed by atoms with Crippen molar-refractivity contribution in [3.8, 4) is 0 Å². The summed E-state index contributed by atoms with van der Waals surface area (Å²) in [5.41, 5.74) is 0. The summed E-state index contributed by atoms with van der Waals surface area (Å²) in [5.74, 6) is -12.6. The van der Waals surface area contributed by atoms with E-state index in [4.69, 9.17) is 20.4 Å². The van der Waals surface area contributed by atoms with Crippen molar-refractivity contribution < 1.29 is 39.6 Å². The van der Waals surface area contributed by atoms with Crippen LogP contribution in [0.1, 0.15) is 6.42 Å². The highest BCUT2D eigenvalue weighted by atomic mass is 16.4. The van der Waals surface area contributed by atoms with Crippen molar-refractivity contribution in [2.24, 2.45) is 23.7 Å². The first-order valence-corrected chi connectivity index (χ1v) is 4.68. The van der Waals surface area contributed by atoms with Crippen LogP contribution in [-0.2, 0) is 19.2 Å². The third kappa shape index (κ3) is 2.19. The van der Waals surface area contributed by atoms with E-state index in [-0.39, 0.29) is 0 Å². The summed E-state index contributed by atoms with van der Waals surface area (Å²) in [6.07, 6.45) is -0.487. The fourth-order valence-electron chi connectivity index (χ4n) is 2.23. The van der Waals surface area contributed by atoms with Crippen molar-refractivity contribution >= 4 is 23.9 Å². The molecule has 0 saturated heterocycles. The van der Waals surface area contributed by atoms with Gasteiger partial charge in [-0.25, -0.2) is 0 Å². The highest BCUT2D eigenvalue weighted by Gasteiger charge is 2.56. The maximum absolute atomic E-state index is 10.9. The number of carbonyl (C=O) groups is 4. The van der Waals surface area contributed by atoms with Crippen LogP contribution in [0.25, 0.3) is 0 Å². The SMILES string of the molecule is O=C(O)C1CC(C(=O)O)[C@@H](C(=O)O)C1C(=O)O. The molecule has 0 heterocycles. The first-order valence-electron chi connectivity index (χ1n) is 4.68. The molecule has 0 amide bonds. The van der Waals surface area contributed by atoms with Gasteiger partial charge in [-0.3, -0.25) is 19.2 Å². The predicted molar refractivity (Wildman–Crippen MR) is 49.1 cm³/mol. The maximum Gasteiger partial charge on any atom is 0.308 e. The van der Waals surface area contributed by atoms with Gasteiger partial charge in [-0.1, -0.05) is 0 Å². The molecule has 1 saturated carbocycles. The minimum Gasteiger partial charge on any atom is -0.481 e. The highest BCUT2D eigenvalue weighted by Crippen LogP contribution is 2.42. The van der Waals surface area contributed by atoms with Gasteiger partial charge in [0.05, 0.1) is 23.7 Å². The quantitative estimate of drug-likeness (QED) is 0.503. The van der Waals surface area contributed by atoms with E-state index in [0.717, 1.165) is 0 Å². The molecule has 0 spiro atoms. The Labute approximate surface area is 94.5 Å². The Morgan fingerprint density at radius 2 is 0.941 bits per heavy atom. The van der Waals surface area contributed by atoms with E-state index in [0.29, 0.717) is 0 Å². The Hall–Kier alpha value is -2.12. The van der Waals surface area contributed by atoms with Crippen molar-refractivity contribution in [1.29, 1.82) is 0 Å². The van der Waals surface area contributed by atoms with Crippen LogP contribution < -0.4 is 0 Å². The Bertz CT molecular complexity index is 350. The number of hydrogen-bond acceptors (Lipinski definition) is 4. The lowest BCUT2D eigenvalue weighted by molar-refractivity contribution is -0.160. The standard InChI is InChI=1S/C9H10O8/c10-6(11)2-1-3(7(12)13)5(9(16)17)4(2)8(14)15/h2-5H,1H2,(H,10,11)(H,12,13)(H,14,15)(H,16,17)/t2?,3?,4-,5?/m1/s1. The second-order valence-electron chi connectivity index (χ2n) is 3.85. The van der Waals surface area contributed by atoms with Crippen molar-refractivity contribution in [3.63, 3.8) is 0 Å². The van der Waals surface area contributed by atoms with Crippen LogP contribution in [0, 0.1) is 23.7 Å². The second kappa shape index (κ2) is 4.40. The molecular weight excluding hydrogens is 236 g/mol. The van der Waals surface area contributed by atoms with Crippen LogP contribution >= 0.6 is 0 Å². The second-order valence-corrected chi connectivity index (χ2v) is 3.85. The predicted octanol–water partition coefficient (Wildman–Crippen LogP) is -0.807. The minimum absolute atomic E-state index is 0.487. The van der Waals surface area contributed by atoms with E-state index >= 15 is 0 Å². The van der Waals surface area contributed by atoms with Crippen molar-refractivity contribution in [1.82, 2.24) is 0 Å². The van der Waals surface area contributed by atoms with Crippen LogP contribution in [0.2, 0.25) is 0 Å². The highest BCUT2D eigenvalue weighted by molar-refractivity contribution is 5.90. The monoisotopic (exact) mass is 246 g/mol. The Kier molecular flexibility index (Phi) is 3.35. The van der Waals surface area contributed by atoms with Crippen LogP contribution in [0.4, 0.5) is 0 Å². The summed E-state index contributed by atoms with van der Waals surface area (Å²) in [4.78, 5) is 43.4. The van der Waals surface area contributed by atoms with Gasteiger partial charge in [0.15, 0.2) is 0 Å². The average Bonchev–Trinajstić information content (AvgIpc) is 2.56. The molecule has 0 radical (unpaired) electrons. The average molecular weight is 246 g/mol. The van der Waals surface area contributed by atoms with Gasteiger partial charge in [0.2, 0.25) is 0 Å². The zero-order valence-corrected chi connectivity index (χ0v) is 8.44. The summed E-state index contributed by atoms with van der Waals surface area (Å²) >= 11 is 0. The molecule has 0 aromatic rings. The normalized spacial score (nSPS) is 32.0. The van der Waals surface area contributed by atoms with Crippen LogP contribution in [0.5, 0.6) is 0 Å². The van der Waals surface area contributed by atoms with Crippen molar-refractivity contribution in [3.05, 3.63) is 0 Å². The lowest BCUT2D eigenvalue weighted by Crippen LogP contribution is -2.35. The molecule has 1 aliphatic rings. The fourth-order valence-corrected chi connectivity index (χ4v) is 2.23. The Balaban J connectivity index is 3.17. The summed E-state index contributed by atoms with van der Waals surface area (Å²) in [7, 11) is 0. The van der Waals surface area contributed by atoms with E-state index in [1.54, 1.807) is 0 Å². The summed E-state index contributed by atoms with van der Waals surface area (Å²) in [6, 6.07) is 0. The number of aliphatic carboxylic acids is 4. The van der Waals surface area contributed by atoms with E-state index in [1.807, 2.05) is 0 Å². The van der Waals surface area contributed by atoms with Crippen molar-refractivity contribution in [2.75, 3.05) is 0 Å². The molecule has 8 nitrogen and oxygen atoms in total. The first kappa shape index (κ1) is 12.9. The van der Waals surface area contributed by atoms with E-state index < -0.39 is 54.0 Å². The molecule has 8 heteroatoms. The van der Waals surface area contributed by atoms with Gasteiger partial charge in [-0.2, -0.15) is 0 Å². The lowest BCUT2D eigenvalue weighted by atomic mass is 9.87. The molecule has 17 heavy (non-hydrogen) atoms. The van der Waals surface area contributed by atoms with E-state index in [1.165, 1.54) is 0 Å². The molecule has 0 aromatic heterocycles. The molecule has 1 fully saturated rings. The molecule has 0 aromatic carbocycles. The molecule has 4 atom stereocenters. The van der Waals surface area contributed by atoms with Gasteiger partial charge >= 0.3 is 23.9 Å². The molecule has 3 unspecified atom stereocenters. The van der Waals surface area contributed by atoms with Crippen molar-refractivity contribution in [2.45, 2.75) is 6.42 Å². The molecule has 0 bridgehead atoms. The number of carboxylic acid groups (broad SMARTS) is 4. The molecule has 0 aliphatic heterocycles. The zero-order valence-electron chi connectivity index (χ0n) is 8.44. The topological polar surface area (TPSA) is 149 Å². The third-order valence-corrected chi connectivity index (χ3v) is 2.97. The van der Waals surface area contributed by atoms with Gasteiger partial charge in [0, 0.05) is 0 Å². The largest absolute Gasteiger partial charge is 0.481 e. The van der Waals surface area contributed by atoms with Gasteiger partial charge in [-0.05, 0) is 6.42 Å². The summed E-state index contributed by atoms with van der Waals surface area (Å²) < 4.78 is 0. The van der Waals surface area contributed by atoms with Crippen LogP contribution in [0.15, 0.2) is 0 Å². The van der Waals surface area contributed by atoms with Gasteiger partial charge < -0.3 is 20.4 Å². The van der Waals surface area contributed by atoms with E-state index in [2.05, 4.69) is 0 Å². The minimum atomic E-state index is -1.72. The van der Waals surface area contributed by atoms with Crippen LogP contribution in [0.3, 0.4) is 0 Å². The number of carboxylic acids is 4. The Morgan fingerprint density at radius 3 is 1.12 bits per heavy atom. The van der Waals surface area contributed by atoms with Gasteiger partial charge in [0.25, 0.3) is 0 Å². The maximum atomic E-state index is 10.9.